The summed E-state index contributed by atoms with van der Waals surface area (Å²) in [5.74, 6) is -0.358. The minimum absolute atomic E-state index is 0.0253. The van der Waals surface area contributed by atoms with Gasteiger partial charge in [0.1, 0.15) is 0 Å². The van der Waals surface area contributed by atoms with Crippen LogP contribution < -0.4 is 10.6 Å². The highest BCUT2D eigenvalue weighted by Crippen LogP contribution is 2.37. The molecule has 5 heteroatoms. The van der Waals surface area contributed by atoms with Crippen LogP contribution in [0, 0.1) is 5.92 Å². The lowest BCUT2D eigenvalue weighted by molar-refractivity contribution is -0.131. The van der Waals surface area contributed by atoms with E-state index >= 15 is 0 Å². The van der Waals surface area contributed by atoms with E-state index in [1.165, 1.54) is 5.56 Å². The van der Waals surface area contributed by atoms with Gasteiger partial charge in [-0.15, -0.1) is 0 Å². The van der Waals surface area contributed by atoms with Crippen LogP contribution in [0.2, 0.25) is 0 Å². The van der Waals surface area contributed by atoms with E-state index in [0.29, 0.717) is 0 Å². The Bertz CT molecular complexity index is 832. The molecule has 0 radical (unpaired) electrons. The van der Waals surface area contributed by atoms with Crippen LogP contribution in [-0.2, 0) is 4.79 Å². The number of carbonyl (C=O) groups is 2. The first-order valence-corrected chi connectivity index (χ1v) is 9.58. The number of hydrogen-bond donors (Lipinski definition) is 2. The molecule has 0 bridgehead atoms. The summed E-state index contributed by atoms with van der Waals surface area (Å²) in [6, 6.07) is 18.5. The van der Waals surface area contributed by atoms with Crippen LogP contribution in [0.1, 0.15) is 31.7 Å². The van der Waals surface area contributed by atoms with Gasteiger partial charge in [0.25, 0.3) is 0 Å². The lowest BCUT2D eigenvalue weighted by Crippen LogP contribution is -2.69. The van der Waals surface area contributed by atoms with Crippen molar-refractivity contribution in [1.82, 2.24) is 15.5 Å². The summed E-state index contributed by atoms with van der Waals surface area (Å²) in [6.07, 6.45) is 0.623. The van der Waals surface area contributed by atoms with Crippen LogP contribution in [0.3, 0.4) is 0 Å². The molecule has 2 aliphatic rings. The van der Waals surface area contributed by atoms with Gasteiger partial charge in [-0.3, -0.25) is 15.4 Å². The zero-order valence-corrected chi connectivity index (χ0v) is 15.7. The molecule has 3 atom stereocenters. The van der Waals surface area contributed by atoms with E-state index in [-0.39, 0.29) is 36.0 Å². The number of nitrogens with one attached hydrogen (secondary N) is 2. The monoisotopic (exact) mass is 363 g/mol. The third-order valence-electron chi connectivity index (χ3n) is 5.65. The normalized spacial score (nSPS) is 25.3. The highest BCUT2D eigenvalue weighted by atomic mass is 16.2. The summed E-state index contributed by atoms with van der Waals surface area (Å²) < 4.78 is 0. The summed E-state index contributed by atoms with van der Waals surface area (Å²) in [7, 11) is 0. The molecule has 2 aromatic rings. The average molecular weight is 363 g/mol. The maximum Gasteiger partial charge on any atom is 0.325 e. The van der Waals surface area contributed by atoms with Gasteiger partial charge in [-0.05, 0) is 43.5 Å². The van der Waals surface area contributed by atoms with Crippen LogP contribution in [0.25, 0.3) is 11.1 Å². The summed E-state index contributed by atoms with van der Waals surface area (Å²) >= 11 is 0. The number of fused-ring (bicyclic) bond motifs is 1. The van der Waals surface area contributed by atoms with Crippen molar-refractivity contribution in [1.29, 1.82) is 0 Å². The van der Waals surface area contributed by atoms with Gasteiger partial charge in [-0.25, -0.2) is 4.79 Å². The molecule has 3 amide bonds. The summed E-state index contributed by atoms with van der Waals surface area (Å²) in [4.78, 5) is 26.7. The molecule has 0 spiro atoms. The first kappa shape index (κ1) is 17.7. The Morgan fingerprint density at radius 1 is 0.963 bits per heavy atom. The fourth-order valence-corrected chi connectivity index (χ4v) is 4.37. The van der Waals surface area contributed by atoms with Gasteiger partial charge in [-0.1, -0.05) is 54.6 Å². The quantitative estimate of drug-likeness (QED) is 0.879. The summed E-state index contributed by atoms with van der Waals surface area (Å²) in [6.45, 7) is 4.74. The second-order valence-corrected chi connectivity index (χ2v) is 7.60. The third-order valence-corrected chi connectivity index (χ3v) is 5.65. The van der Waals surface area contributed by atoms with Gasteiger partial charge in [0, 0.05) is 12.0 Å². The SMILES string of the molecule is CC(C)N1C(=O)NC(=O)C2C(c3ccc(-c4ccccc4)cc3)CCNC21. The Morgan fingerprint density at radius 3 is 2.30 bits per heavy atom. The van der Waals surface area contributed by atoms with Crippen molar-refractivity contribution in [3.05, 3.63) is 60.2 Å². The second kappa shape index (κ2) is 7.16. The number of imide groups is 1. The van der Waals surface area contributed by atoms with Crippen LogP contribution in [0.5, 0.6) is 0 Å². The van der Waals surface area contributed by atoms with Crippen LogP contribution in [0.15, 0.2) is 54.6 Å². The van der Waals surface area contributed by atoms with E-state index in [9.17, 15) is 9.59 Å². The number of nitrogens with zero attached hydrogens (tertiary/aromatic N) is 1. The molecular weight excluding hydrogens is 338 g/mol. The van der Waals surface area contributed by atoms with Crippen molar-refractivity contribution in [2.24, 2.45) is 5.92 Å². The lowest BCUT2D eigenvalue weighted by atomic mass is 9.77. The van der Waals surface area contributed by atoms with Crippen molar-refractivity contribution in [2.45, 2.75) is 38.4 Å². The van der Waals surface area contributed by atoms with E-state index in [0.717, 1.165) is 24.1 Å². The Labute approximate surface area is 159 Å². The minimum Gasteiger partial charge on any atom is -0.306 e. The molecular formula is C22H25N3O2. The molecule has 2 N–H and O–H groups in total. The van der Waals surface area contributed by atoms with Gasteiger partial charge in [-0.2, -0.15) is 0 Å². The minimum atomic E-state index is -0.302. The predicted molar refractivity (Wildman–Crippen MR) is 105 cm³/mol. The molecule has 5 nitrogen and oxygen atoms in total. The van der Waals surface area contributed by atoms with Crippen LogP contribution >= 0.6 is 0 Å². The van der Waals surface area contributed by atoms with E-state index in [1.54, 1.807) is 4.90 Å². The number of benzene rings is 2. The third kappa shape index (κ3) is 3.23. The number of amides is 3. The fraction of sp³-hybridized carbons (Fsp3) is 0.364. The van der Waals surface area contributed by atoms with Crippen molar-refractivity contribution in [3.63, 3.8) is 0 Å². The van der Waals surface area contributed by atoms with E-state index < -0.39 is 0 Å². The van der Waals surface area contributed by atoms with Crippen molar-refractivity contribution >= 4 is 11.9 Å². The molecule has 140 valence electrons. The highest BCUT2D eigenvalue weighted by Gasteiger charge is 2.48. The lowest BCUT2D eigenvalue weighted by Gasteiger charge is -2.48. The summed E-state index contributed by atoms with van der Waals surface area (Å²) in [5.41, 5.74) is 3.50. The molecule has 2 saturated heterocycles. The van der Waals surface area contributed by atoms with E-state index in [2.05, 4.69) is 47.0 Å². The molecule has 2 aromatic carbocycles. The number of hydrogen-bond acceptors (Lipinski definition) is 3. The standard InChI is InChI=1S/C22H25N3O2/c1-14(2)25-20-19(21(26)24-22(25)27)18(12-13-23-20)17-10-8-16(9-11-17)15-6-4-3-5-7-15/h3-11,14,18-20,23H,12-13H2,1-2H3,(H,24,26,27). The van der Waals surface area contributed by atoms with Gasteiger partial charge < -0.3 is 4.90 Å². The van der Waals surface area contributed by atoms with Gasteiger partial charge >= 0.3 is 6.03 Å². The van der Waals surface area contributed by atoms with Crippen LogP contribution in [-0.4, -0.2) is 35.6 Å². The first-order chi connectivity index (χ1) is 13.1. The zero-order valence-electron chi connectivity index (χ0n) is 15.7. The number of urea groups is 1. The predicted octanol–water partition coefficient (Wildman–Crippen LogP) is 3.33. The molecule has 27 heavy (non-hydrogen) atoms. The van der Waals surface area contributed by atoms with Crippen LogP contribution in [0.4, 0.5) is 4.79 Å². The maximum atomic E-state index is 12.7. The number of carbonyl (C=O) groups excluding carboxylic acids is 2. The molecule has 3 unspecified atom stereocenters. The van der Waals surface area contributed by atoms with Gasteiger partial charge in [0.15, 0.2) is 0 Å². The molecule has 2 fully saturated rings. The molecule has 2 aliphatic heterocycles. The van der Waals surface area contributed by atoms with E-state index in [4.69, 9.17) is 0 Å². The highest BCUT2D eigenvalue weighted by molar-refractivity contribution is 5.99. The average Bonchev–Trinajstić information content (AvgIpc) is 2.68. The molecule has 0 aromatic heterocycles. The molecule has 0 saturated carbocycles. The molecule has 2 heterocycles. The van der Waals surface area contributed by atoms with Crippen molar-refractivity contribution in [3.8, 4) is 11.1 Å². The Kier molecular flexibility index (Phi) is 4.70. The first-order valence-electron chi connectivity index (χ1n) is 9.58. The maximum absolute atomic E-state index is 12.7. The van der Waals surface area contributed by atoms with Crippen molar-refractivity contribution < 1.29 is 9.59 Å². The number of piperidine rings is 1. The number of rotatable bonds is 3. The smallest absolute Gasteiger partial charge is 0.306 e. The molecule has 0 aliphatic carbocycles. The zero-order chi connectivity index (χ0) is 19.0. The van der Waals surface area contributed by atoms with Gasteiger partial charge in [0.05, 0.1) is 12.1 Å². The Morgan fingerprint density at radius 2 is 1.63 bits per heavy atom. The topological polar surface area (TPSA) is 61.4 Å². The Hall–Kier alpha value is -2.66. The van der Waals surface area contributed by atoms with Crippen molar-refractivity contribution in [2.75, 3.05) is 6.54 Å². The summed E-state index contributed by atoms with van der Waals surface area (Å²) in [5, 5.41) is 5.95. The second-order valence-electron chi connectivity index (χ2n) is 7.60. The largest absolute Gasteiger partial charge is 0.325 e. The molecule has 4 rings (SSSR count). The fourth-order valence-electron chi connectivity index (χ4n) is 4.37. The van der Waals surface area contributed by atoms with E-state index in [1.807, 2.05) is 32.0 Å². The van der Waals surface area contributed by atoms with Gasteiger partial charge in [0.2, 0.25) is 5.91 Å². The Balaban J connectivity index is 1.63.